The highest BCUT2D eigenvalue weighted by Gasteiger charge is 2.61. The lowest BCUT2D eigenvalue weighted by molar-refractivity contribution is 0.0921. The molecule has 2 N–H and O–H groups in total. The van der Waals surface area contributed by atoms with Crippen LogP contribution in [0.2, 0.25) is 0 Å². The van der Waals surface area contributed by atoms with E-state index in [9.17, 15) is 9.59 Å². The Hall–Kier alpha value is -2.11. The minimum atomic E-state index is -0.388. The van der Waals surface area contributed by atoms with Crippen LogP contribution in [0.15, 0.2) is 18.2 Å². The maximum absolute atomic E-state index is 12.2. The molecule has 0 unspecified atom stereocenters. The van der Waals surface area contributed by atoms with Gasteiger partial charge in [0.25, 0.3) is 5.91 Å². The second-order valence-electron chi connectivity index (χ2n) is 6.33. The van der Waals surface area contributed by atoms with Crippen LogP contribution in [0.5, 0.6) is 0 Å². The second-order valence-corrected chi connectivity index (χ2v) is 6.33. The van der Waals surface area contributed by atoms with Crippen molar-refractivity contribution in [1.29, 1.82) is 0 Å². The molecule has 3 amide bonds. The Kier molecular flexibility index (Phi) is 2.67. The Morgan fingerprint density at radius 3 is 2.81 bits per heavy atom. The first kappa shape index (κ1) is 12.6. The molecule has 0 radical (unpaired) electrons. The summed E-state index contributed by atoms with van der Waals surface area (Å²) in [7, 11) is 0. The van der Waals surface area contributed by atoms with Crippen molar-refractivity contribution in [3.05, 3.63) is 29.6 Å². The van der Waals surface area contributed by atoms with E-state index in [1.54, 1.807) is 12.1 Å². The van der Waals surface area contributed by atoms with Crippen LogP contribution in [0.4, 0.5) is 4.79 Å². The van der Waals surface area contributed by atoms with Crippen molar-refractivity contribution >= 4 is 11.9 Å². The standard InChI is InChI=1S/C15H18N4O2/c1-8-3-2-4-12(16-8)14(20)17-18-15(21)19-7-9-5-13(19)11-6-10(9)11/h2-4,9-11,13H,5-7H2,1H3,(H,17,20)(H,18,21)/t9-,10-,11-,13-/m0/s1. The van der Waals surface area contributed by atoms with Crippen molar-refractivity contribution in [2.75, 3.05) is 6.54 Å². The van der Waals surface area contributed by atoms with E-state index < -0.39 is 0 Å². The molecule has 2 bridgehead atoms. The van der Waals surface area contributed by atoms with Gasteiger partial charge in [-0.3, -0.25) is 10.2 Å². The van der Waals surface area contributed by atoms with Gasteiger partial charge in [0, 0.05) is 18.3 Å². The number of pyridine rings is 1. The third-order valence-electron chi connectivity index (χ3n) is 5.03. The Balaban J connectivity index is 1.34. The molecule has 1 aromatic rings. The Morgan fingerprint density at radius 2 is 2.10 bits per heavy atom. The van der Waals surface area contributed by atoms with Crippen LogP contribution in [0, 0.1) is 24.7 Å². The number of rotatable bonds is 1. The molecule has 4 atom stereocenters. The zero-order valence-electron chi connectivity index (χ0n) is 11.9. The molecule has 3 fully saturated rings. The van der Waals surface area contributed by atoms with Crippen LogP contribution < -0.4 is 10.9 Å². The van der Waals surface area contributed by atoms with E-state index in [4.69, 9.17) is 0 Å². The Bertz CT molecular complexity index is 617. The molecule has 6 nitrogen and oxygen atoms in total. The van der Waals surface area contributed by atoms with Crippen molar-refractivity contribution in [2.24, 2.45) is 17.8 Å². The number of hydrogen-bond donors (Lipinski definition) is 2. The van der Waals surface area contributed by atoms with Crippen LogP contribution in [-0.2, 0) is 0 Å². The van der Waals surface area contributed by atoms with Gasteiger partial charge >= 0.3 is 6.03 Å². The molecule has 2 saturated carbocycles. The van der Waals surface area contributed by atoms with E-state index in [0.29, 0.717) is 23.6 Å². The lowest BCUT2D eigenvalue weighted by Crippen LogP contribution is -2.51. The molecular formula is C15H18N4O2. The number of aromatic nitrogens is 1. The molecule has 0 spiro atoms. The summed E-state index contributed by atoms with van der Waals surface area (Å²) in [5, 5.41) is 0. The van der Waals surface area contributed by atoms with Gasteiger partial charge in [-0.15, -0.1) is 0 Å². The summed E-state index contributed by atoms with van der Waals surface area (Å²) in [5.41, 5.74) is 6.04. The highest BCUT2D eigenvalue weighted by Crippen LogP contribution is 2.60. The Labute approximate surface area is 122 Å². The van der Waals surface area contributed by atoms with Gasteiger partial charge in [-0.2, -0.15) is 0 Å². The van der Waals surface area contributed by atoms with Crippen LogP contribution in [0.25, 0.3) is 0 Å². The highest BCUT2D eigenvalue weighted by atomic mass is 16.2. The van der Waals surface area contributed by atoms with Crippen LogP contribution in [0.3, 0.4) is 0 Å². The monoisotopic (exact) mass is 286 g/mol. The first-order chi connectivity index (χ1) is 10.1. The lowest BCUT2D eigenvalue weighted by Gasteiger charge is -2.26. The molecule has 2 aliphatic carbocycles. The van der Waals surface area contributed by atoms with E-state index in [1.807, 2.05) is 17.9 Å². The molecule has 110 valence electrons. The maximum atomic E-state index is 12.2. The fraction of sp³-hybridized carbons (Fsp3) is 0.533. The topological polar surface area (TPSA) is 74.3 Å². The predicted octanol–water partition coefficient (Wildman–Crippen LogP) is 1.08. The van der Waals surface area contributed by atoms with E-state index in [2.05, 4.69) is 15.8 Å². The SMILES string of the molecule is Cc1cccc(C(=O)NNC(=O)N2C[C@@H]3C[C@H]2[C@H]2C[C@@H]32)n1. The van der Waals surface area contributed by atoms with E-state index in [0.717, 1.165) is 24.6 Å². The summed E-state index contributed by atoms with van der Waals surface area (Å²) in [5.74, 6) is 1.87. The quantitative estimate of drug-likeness (QED) is 0.759. The first-order valence-electron chi connectivity index (χ1n) is 7.44. The van der Waals surface area contributed by atoms with Gasteiger partial charge in [0.2, 0.25) is 0 Å². The number of fused-ring (bicyclic) bond motifs is 5. The number of hydrogen-bond acceptors (Lipinski definition) is 3. The lowest BCUT2D eigenvalue weighted by atomic mass is 10.1. The van der Waals surface area contributed by atoms with E-state index in [-0.39, 0.29) is 11.9 Å². The second kappa shape index (κ2) is 4.44. The van der Waals surface area contributed by atoms with Gasteiger partial charge in [-0.1, -0.05) is 6.07 Å². The number of likely N-dealkylation sites (tertiary alicyclic amines) is 1. The van der Waals surface area contributed by atoms with Crippen molar-refractivity contribution in [2.45, 2.75) is 25.8 Å². The van der Waals surface area contributed by atoms with E-state index in [1.165, 1.54) is 6.42 Å². The van der Waals surface area contributed by atoms with Gasteiger partial charge in [0.1, 0.15) is 5.69 Å². The number of nitrogens with one attached hydrogen (secondary N) is 2. The molecule has 6 heteroatoms. The number of hydrazine groups is 1. The fourth-order valence-electron chi connectivity index (χ4n) is 3.99. The van der Waals surface area contributed by atoms with Gasteiger partial charge in [-0.25, -0.2) is 15.2 Å². The summed E-state index contributed by atoms with van der Waals surface area (Å²) in [6.45, 7) is 2.65. The molecule has 1 aromatic heterocycles. The normalized spacial score (nSPS) is 31.8. The highest BCUT2D eigenvalue weighted by molar-refractivity contribution is 5.93. The smallest absolute Gasteiger partial charge is 0.320 e. The average molecular weight is 286 g/mol. The predicted molar refractivity (Wildman–Crippen MR) is 75.2 cm³/mol. The number of carbonyl (C=O) groups is 2. The van der Waals surface area contributed by atoms with Crippen LogP contribution in [-0.4, -0.2) is 34.4 Å². The molecule has 21 heavy (non-hydrogen) atoms. The Morgan fingerprint density at radius 1 is 1.24 bits per heavy atom. The van der Waals surface area contributed by atoms with Crippen molar-refractivity contribution in [3.63, 3.8) is 0 Å². The zero-order valence-corrected chi connectivity index (χ0v) is 11.9. The van der Waals surface area contributed by atoms with Crippen molar-refractivity contribution in [3.8, 4) is 0 Å². The average Bonchev–Trinajstić information content (AvgIpc) is 3.09. The van der Waals surface area contributed by atoms with Gasteiger partial charge < -0.3 is 4.90 Å². The summed E-state index contributed by atoms with van der Waals surface area (Å²) in [6.07, 6.45) is 2.41. The maximum Gasteiger partial charge on any atom is 0.336 e. The zero-order chi connectivity index (χ0) is 14.6. The number of amides is 3. The molecule has 1 aliphatic heterocycles. The minimum Gasteiger partial charge on any atom is -0.320 e. The number of piperidine rings is 1. The summed E-state index contributed by atoms with van der Waals surface area (Å²) >= 11 is 0. The molecule has 2 heterocycles. The molecule has 1 saturated heterocycles. The molecule has 3 aliphatic rings. The van der Waals surface area contributed by atoms with Crippen LogP contribution >= 0.6 is 0 Å². The molecule has 0 aromatic carbocycles. The largest absolute Gasteiger partial charge is 0.336 e. The first-order valence-corrected chi connectivity index (χ1v) is 7.44. The summed E-state index contributed by atoms with van der Waals surface area (Å²) in [4.78, 5) is 30.1. The summed E-state index contributed by atoms with van der Waals surface area (Å²) < 4.78 is 0. The van der Waals surface area contributed by atoms with Gasteiger partial charge in [-0.05, 0) is 49.7 Å². The number of nitrogens with zero attached hydrogens (tertiary/aromatic N) is 2. The number of aryl methyl sites for hydroxylation is 1. The third kappa shape index (κ3) is 2.05. The van der Waals surface area contributed by atoms with Crippen molar-refractivity contribution < 1.29 is 9.59 Å². The number of urea groups is 1. The van der Waals surface area contributed by atoms with E-state index >= 15 is 0 Å². The minimum absolute atomic E-state index is 0.200. The van der Waals surface area contributed by atoms with Gasteiger partial charge in [0.05, 0.1) is 0 Å². The van der Waals surface area contributed by atoms with Gasteiger partial charge in [0.15, 0.2) is 0 Å². The van der Waals surface area contributed by atoms with Crippen molar-refractivity contribution in [1.82, 2.24) is 20.7 Å². The number of carbonyl (C=O) groups excluding carboxylic acids is 2. The summed E-state index contributed by atoms with van der Waals surface area (Å²) in [6, 6.07) is 5.40. The van der Waals surface area contributed by atoms with Crippen LogP contribution in [0.1, 0.15) is 29.0 Å². The third-order valence-corrected chi connectivity index (χ3v) is 5.03. The molecular weight excluding hydrogens is 268 g/mol. The fourth-order valence-corrected chi connectivity index (χ4v) is 3.99. The molecule has 4 rings (SSSR count).